The number of hydrogen-bond acceptors (Lipinski definition) is 5. The molecule has 2 heterocycles. The molecule has 2 aromatic heterocycles. The van der Waals surface area contributed by atoms with Crippen LogP contribution < -0.4 is 0 Å². The number of fused-ring (bicyclic) bond motifs is 1. The molecule has 0 bridgehead atoms. The van der Waals surface area contributed by atoms with Gasteiger partial charge < -0.3 is 0 Å². The van der Waals surface area contributed by atoms with Crippen LogP contribution in [-0.4, -0.2) is 15.4 Å². The fourth-order valence-corrected chi connectivity index (χ4v) is 3.13. The Bertz CT molecular complexity index is 658. The predicted molar refractivity (Wildman–Crippen MR) is 69.8 cm³/mol. The van der Waals surface area contributed by atoms with Crippen molar-refractivity contribution in [1.82, 2.24) is 9.59 Å². The van der Waals surface area contributed by atoms with Crippen LogP contribution in [0.3, 0.4) is 0 Å². The average Bonchev–Trinajstić information content (AvgIpc) is 2.98. The van der Waals surface area contributed by atoms with Crippen LogP contribution in [0.4, 0.5) is 0 Å². The molecule has 0 unspecified atom stereocenters. The third-order valence-corrected chi connectivity index (χ3v) is 4.27. The summed E-state index contributed by atoms with van der Waals surface area (Å²) in [5.74, 6) is 0.0866. The SMILES string of the molecule is O=C(Cc1csc2ccccc12)c1cnns1. The molecule has 84 valence electrons. The zero-order valence-corrected chi connectivity index (χ0v) is 10.4. The van der Waals surface area contributed by atoms with Crippen LogP contribution in [0.15, 0.2) is 35.8 Å². The topological polar surface area (TPSA) is 42.9 Å². The van der Waals surface area contributed by atoms with Gasteiger partial charge in [-0.3, -0.25) is 4.79 Å². The van der Waals surface area contributed by atoms with Crippen molar-refractivity contribution in [1.29, 1.82) is 0 Å². The van der Waals surface area contributed by atoms with Crippen LogP contribution in [0.5, 0.6) is 0 Å². The minimum atomic E-state index is 0.0866. The van der Waals surface area contributed by atoms with Crippen LogP contribution in [0, 0.1) is 0 Å². The number of rotatable bonds is 3. The molecule has 3 nitrogen and oxygen atoms in total. The van der Waals surface area contributed by atoms with E-state index in [1.54, 1.807) is 11.3 Å². The number of thiophene rings is 1. The maximum Gasteiger partial charge on any atom is 0.180 e. The minimum absolute atomic E-state index is 0.0866. The zero-order chi connectivity index (χ0) is 11.7. The summed E-state index contributed by atoms with van der Waals surface area (Å²) in [6.07, 6.45) is 1.95. The lowest BCUT2D eigenvalue weighted by Crippen LogP contribution is -2.00. The first-order chi connectivity index (χ1) is 8.34. The van der Waals surface area contributed by atoms with E-state index in [1.165, 1.54) is 16.3 Å². The van der Waals surface area contributed by atoms with Crippen molar-refractivity contribution in [3.05, 3.63) is 46.3 Å². The zero-order valence-electron chi connectivity index (χ0n) is 8.79. The molecule has 0 atom stereocenters. The van der Waals surface area contributed by atoms with E-state index in [9.17, 15) is 4.79 Å². The van der Waals surface area contributed by atoms with Gasteiger partial charge in [0.25, 0.3) is 0 Å². The first kappa shape index (κ1) is 10.6. The normalized spacial score (nSPS) is 10.8. The van der Waals surface area contributed by atoms with E-state index in [0.717, 1.165) is 17.1 Å². The smallest absolute Gasteiger partial charge is 0.180 e. The molecule has 5 heteroatoms. The minimum Gasteiger partial charge on any atom is -0.293 e. The maximum absolute atomic E-state index is 12.0. The number of Topliss-reactive ketones (excluding diaryl/α,β-unsaturated/α-hetero) is 1. The van der Waals surface area contributed by atoms with Gasteiger partial charge in [-0.05, 0) is 33.9 Å². The fraction of sp³-hybridized carbons (Fsp3) is 0.0833. The quantitative estimate of drug-likeness (QED) is 0.679. The molecule has 0 saturated carbocycles. The van der Waals surface area contributed by atoms with Gasteiger partial charge >= 0.3 is 0 Å². The summed E-state index contributed by atoms with van der Waals surface area (Å²) >= 11 is 2.82. The van der Waals surface area contributed by atoms with E-state index in [2.05, 4.69) is 27.1 Å². The average molecular weight is 260 g/mol. The van der Waals surface area contributed by atoms with Crippen molar-refractivity contribution >= 4 is 38.7 Å². The number of carbonyl (C=O) groups excluding carboxylic acids is 1. The number of carbonyl (C=O) groups is 1. The van der Waals surface area contributed by atoms with Crippen molar-refractivity contribution in [2.75, 3.05) is 0 Å². The molecule has 1 aromatic carbocycles. The van der Waals surface area contributed by atoms with E-state index in [1.807, 2.05) is 12.1 Å². The molecule has 0 spiro atoms. The predicted octanol–water partition coefficient (Wildman–Crippen LogP) is 3.18. The number of nitrogens with zero attached hydrogens (tertiary/aromatic N) is 2. The van der Waals surface area contributed by atoms with Gasteiger partial charge in [0.1, 0.15) is 4.88 Å². The van der Waals surface area contributed by atoms with Gasteiger partial charge in [-0.25, -0.2) is 0 Å². The Labute approximate surface area is 106 Å². The van der Waals surface area contributed by atoms with E-state index in [0.29, 0.717) is 11.3 Å². The second-order valence-corrected chi connectivity index (χ2v) is 5.34. The first-order valence-corrected chi connectivity index (χ1v) is 6.75. The summed E-state index contributed by atoms with van der Waals surface area (Å²) in [6, 6.07) is 8.14. The second kappa shape index (κ2) is 4.35. The monoisotopic (exact) mass is 260 g/mol. The van der Waals surface area contributed by atoms with E-state index >= 15 is 0 Å². The number of hydrogen-bond donors (Lipinski definition) is 0. The maximum atomic E-state index is 12.0. The lowest BCUT2D eigenvalue weighted by Gasteiger charge is -1.96. The fourth-order valence-electron chi connectivity index (χ4n) is 1.72. The number of ketones is 1. The highest BCUT2D eigenvalue weighted by Gasteiger charge is 2.12. The Kier molecular flexibility index (Phi) is 2.70. The van der Waals surface area contributed by atoms with Crippen molar-refractivity contribution in [2.24, 2.45) is 0 Å². The van der Waals surface area contributed by atoms with E-state index in [-0.39, 0.29) is 5.78 Å². The molecular weight excluding hydrogens is 252 g/mol. The lowest BCUT2D eigenvalue weighted by atomic mass is 10.1. The summed E-state index contributed by atoms with van der Waals surface area (Å²) in [5, 5.41) is 6.91. The molecule has 0 aliphatic rings. The van der Waals surface area contributed by atoms with Crippen LogP contribution in [0.1, 0.15) is 15.2 Å². The summed E-state index contributed by atoms with van der Waals surface area (Å²) in [5.41, 5.74) is 1.09. The van der Waals surface area contributed by atoms with Crippen LogP contribution in [0.25, 0.3) is 10.1 Å². The third-order valence-electron chi connectivity index (χ3n) is 2.55. The van der Waals surface area contributed by atoms with Crippen molar-refractivity contribution in [3.8, 4) is 0 Å². The van der Waals surface area contributed by atoms with Crippen LogP contribution in [0.2, 0.25) is 0 Å². The Morgan fingerprint density at radius 2 is 2.18 bits per heavy atom. The molecule has 17 heavy (non-hydrogen) atoms. The van der Waals surface area contributed by atoms with Crippen molar-refractivity contribution < 1.29 is 4.79 Å². The van der Waals surface area contributed by atoms with Gasteiger partial charge in [0.2, 0.25) is 0 Å². The van der Waals surface area contributed by atoms with Gasteiger partial charge in [-0.1, -0.05) is 22.7 Å². The molecule has 0 amide bonds. The Hall–Kier alpha value is -1.59. The molecule has 0 radical (unpaired) electrons. The summed E-state index contributed by atoms with van der Waals surface area (Å²) in [6.45, 7) is 0. The van der Waals surface area contributed by atoms with Gasteiger partial charge in [-0.2, -0.15) is 0 Å². The molecule has 0 aliphatic heterocycles. The van der Waals surface area contributed by atoms with Gasteiger partial charge in [0.15, 0.2) is 5.78 Å². The van der Waals surface area contributed by atoms with E-state index in [4.69, 9.17) is 0 Å². The summed E-state index contributed by atoms with van der Waals surface area (Å²) in [7, 11) is 0. The van der Waals surface area contributed by atoms with Crippen LogP contribution >= 0.6 is 22.9 Å². The third kappa shape index (κ3) is 1.99. The standard InChI is InChI=1S/C12H8N2OS2/c15-10(12-6-13-14-17-12)5-8-7-16-11-4-2-1-3-9(8)11/h1-4,6-7H,5H2. The molecule has 0 aliphatic carbocycles. The molecule has 3 rings (SSSR count). The number of aromatic nitrogens is 2. The highest BCUT2D eigenvalue weighted by atomic mass is 32.1. The molecule has 0 fully saturated rings. The van der Waals surface area contributed by atoms with Crippen molar-refractivity contribution in [2.45, 2.75) is 6.42 Å². The highest BCUT2D eigenvalue weighted by Crippen LogP contribution is 2.26. The Morgan fingerprint density at radius 1 is 1.29 bits per heavy atom. The van der Waals surface area contributed by atoms with E-state index < -0.39 is 0 Å². The Balaban J connectivity index is 1.93. The second-order valence-electron chi connectivity index (χ2n) is 3.64. The van der Waals surface area contributed by atoms with Gasteiger partial charge in [0.05, 0.1) is 6.20 Å². The molecule has 3 aromatic rings. The molecular formula is C12H8N2OS2. The largest absolute Gasteiger partial charge is 0.293 e. The lowest BCUT2D eigenvalue weighted by molar-refractivity contribution is 0.0997. The van der Waals surface area contributed by atoms with Gasteiger partial charge in [-0.15, -0.1) is 16.4 Å². The first-order valence-electron chi connectivity index (χ1n) is 5.10. The van der Waals surface area contributed by atoms with Gasteiger partial charge in [0, 0.05) is 11.1 Å². The summed E-state index contributed by atoms with van der Waals surface area (Å²) < 4.78 is 4.93. The van der Waals surface area contributed by atoms with Crippen LogP contribution in [-0.2, 0) is 6.42 Å². The highest BCUT2D eigenvalue weighted by molar-refractivity contribution is 7.17. The molecule has 0 saturated heterocycles. The molecule has 0 N–H and O–H groups in total. The number of benzene rings is 1. The Morgan fingerprint density at radius 3 is 3.00 bits per heavy atom. The van der Waals surface area contributed by atoms with Crippen molar-refractivity contribution in [3.63, 3.8) is 0 Å². The summed E-state index contributed by atoms with van der Waals surface area (Å²) in [4.78, 5) is 12.6.